The van der Waals surface area contributed by atoms with Crippen molar-refractivity contribution in [1.82, 2.24) is 0 Å². The third-order valence-electron chi connectivity index (χ3n) is 11.1. The number of phenolic OH excluding ortho intramolecular Hbond substituents is 1. The number of aldehydes is 1. The van der Waals surface area contributed by atoms with Gasteiger partial charge in [0.2, 0.25) is 12.1 Å². The van der Waals surface area contributed by atoms with Crippen LogP contribution in [0, 0.1) is 0 Å². The van der Waals surface area contributed by atoms with Crippen LogP contribution < -0.4 is 9.47 Å². The van der Waals surface area contributed by atoms with E-state index < -0.39 is 77.0 Å². The molecular formula is C44H42O14. The van der Waals surface area contributed by atoms with Crippen LogP contribution in [0.3, 0.4) is 0 Å². The van der Waals surface area contributed by atoms with E-state index in [0.717, 1.165) is 25.8 Å². The molecule has 1 saturated heterocycles. The number of rotatable bonds is 10. The first kappa shape index (κ1) is 40.6. The lowest BCUT2D eigenvalue weighted by molar-refractivity contribution is -0.371. The van der Waals surface area contributed by atoms with Crippen LogP contribution in [0.2, 0.25) is 0 Å². The zero-order chi connectivity index (χ0) is 41.7. The molecule has 2 aliphatic carbocycles. The maximum atomic E-state index is 14.8. The van der Waals surface area contributed by atoms with Gasteiger partial charge < -0.3 is 50.0 Å². The van der Waals surface area contributed by atoms with E-state index in [-0.39, 0.29) is 56.9 Å². The highest BCUT2D eigenvalue weighted by atomic mass is 16.7. The van der Waals surface area contributed by atoms with Gasteiger partial charge in [0.1, 0.15) is 23.4 Å². The quantitative estimate of drug-likeness (QED) is 0.0353. The number of aromatic hydroxyl groups is 1. The minimum absolute atomic E-state index is 0.0118. The number of esters is 1. The van der Waals surface area contributed by atoms with Crippen LogP contribution in [0.1, 0.15) is 115 Å². The van der Waals surface area contributed by atoms with Gasteiger partial charge in [-0.05, 0) is 60.2 Å². The van der Waals surface area contributed by atoms with E-state index in [2.05, 4.69) is 0 Å². The van der Waals surface area contributed by atoms with Gasteiger partial charge in [-0.25, -0.2) is 0 Å². The fourth-order valence-electron chi connectivity index (χ4n) is 8.16. The molecule has 4 aromatic carbocycles. The van der Waals surface area contributed by atoms with Gasteiger partial charge in [0.05, 0.1) is 23.9 Å². The number of ether oxygens (including phenoxy) is 3. The van der Waals surface area contributed by atoms with E-state index >= 15 is 0 Å². The SMILES string of the molecule is CC(=O)Oc1cc(CO)c2c(c1/C=C/c1ccccc1)C(=O)c1cc(O[C@H]3O[C@@H](C)[C@@H](O)C(O)(O)[C@H]3O)c(Cc3cccc(C4(O)CCCC4)c3C=O)c(O)c1C2=O. The predicted molar refractivity (Wildman–Crippen MR) is 205 cm³/mol. The average molecular weight is 795 g/mol. The van der Waals surface area contributed by atoms with E-state index in [1.165, 1.54) is 19.1 Å². The number of hydrogen-bond acceptors (Lipinski definition) is 14. The molecule has 4 aromatic rings. The molecule has 302 valence electrons. The molecule has 14 nitrogen and oxygen atoms in total. The van der Waals surface area contributed by atoms with Gasteiger partial charge in [0, 0.05) is 46.7 Å². The van der Waals surface area contributed by atoms with E-state index in [1.54, 1.807) is 54.6 Å². The van der Waals surface area contributed by atoms with Crippen molar-refractivity contribution in [3.63, 3.8) is 0 Å². The number of carbonyl (C=O) groups excluding carboxylic acids is 4. The number of carbonyl (C=O) groups is 4. The maximum absolute atomic E-state index is 14.8. The summed E-state index contributed by atoms with van der Waals surface area (Å²) < 4.78 is 17.1. The molecule has 2 fully saturated rings. The first-order valence-electron chi connectivity index (χ1n) is 18.7. The zero-order valence-electron chi connectivity index (χ0n) is 31.5. The second kappa shape index (κ2) is 15.6. The molecule has 0 unspecified atom stereocenters. The Kier molecular flexibility index (Phi) is 11.0. The first-order valence-corrected chi connectivity index (χ1v) is 18.7. The van der Waals surface area contributed by atoms with E-state index in [0.29, 0.717) is 30.3 Å². The molecule has 7 rings (SSSR count). The van der Waals surface area contributed by atoms with Gasteiger partial charge in [-0.3, -0.25) is 19.2 Å². The van der Waals surface area contributed by atoms with Gasteiger partial charge in [-0.15, -0.1) is 0 Å². The van der Waals surface area contributed by atoms with Crippen LogP contribution in [0.15, 0.2) is 60.7 Å². The third-order valence-corrected chi connectivity index (χ3v) is 11.1. The van der Waals surface area contributed by atoms with Crippen LogP contribution in [-0.2, 0) is 28.2 Å². The van der Waals surface area contributed by atoms with Gasteiger partial charge in [0.25, 0.3) is 0 Å². The molecule has 1 heterocycles. The van der Waals surface area contributed by atoms with Gasteiger partial charge in [-0.2, -0.15) is 0 Å². The van der Waals surface area contributed by atoms with Crippen LogP contribution in [0.4, 0.5) is 0 Å². The van der Waals surface area contributed by atoms with Crippen molar-refractivity contribution in [2.75, 3.05) is 0 Å². The fourth-order valence-corrected chi connectivity index (χ4v) is 8.16. The molecule has 0 aromatic heterocycles. The highest BCUT2D eigenvalue weighted by molar-refractivity contribution is 6.31. The molecule has 0 radical (unpaired) electrons. The van der Waals surface area contributed by atoms with Crippen molar-refractivity contribution in [3.8, 4) is 17.2 Å². The summed E-state index contributed by atoms with van der Waals surface area (Å²) in [4.78, 5) is 54.5. The normalized spacial score (nSPS) is 22.1. The molecule has 1 aliphatic heterocycles. The minimum atomic E-state index is -3.13. The summed E-state index contributed by atoms with van der Waals surface area (Å²) in [5.41, 5.74) is -1.52. The Bertz CT molecular complexity index is 2340. The van der Waals surface area contributed by atoms with Gasteiger partial charge in [0.15, 0.2) is 24.0 Å². The van der Waals surface area contributed by atoms with Crippen LogP contribution in [0.25, 0.3) is 12.2 Å². The number of aliphatic hydroxyl groups excluding tert-OH is 3. The molecule has 7 N–H and O–H groups in total. The molecule has 1 saturated carbocycles. The monoisotopic (exact) mass is 794 g/mol. The van der Waals surface area contributed by atoms with E-state index in [4.69, 9.17) is 14.2 Å². The molecule has 0 amide bonds. The molecule has 4 atom stereocenters. The Morgan fingerprint density at radius 2 is 1.57 bits per heavy atom. The largest absolute Gasteiger partial charge is 0.507 e. The van der Waals surface area contributed by atoms with Crippen LogP contribution >= 0.6 is 0 Å². The van der Waals surface area contributed by atoms with Crippen molar-refractivity contribution in [2.45, 2.75) is 88.5 Å². The number of benzene rings is 4. The number of hydrogen-bond donors (Lipinski definition) is 7. The number of phenols is 1. The fraction of sp³-hybridized carbons (Fsp3) is 0.318. The van der Waals surface area contributed by atoms with E-state index in [1.807, 2.05) is 0 Å². The molecule has 14 heteroatoms. The van der Waals surface area contributed by atoms with Crippen molar-refractivity contribution in [3.05, 3.63) is 122 Å². The first-order chi connectivity index (χ1) is 27.6. The lowest BCUT2D eigenvalue weighted by Gasteiger charge is -2.44. The molecule has 0 bridgehead atoms. The number of aliphatic hydroxyl groups is 6. The molecule has 58 heavy (non-hydrogen) atoms. The average Bonchev–Trinajstić information content (AvgIpc) is 3.65. The Labute approximate surface area is 332 Å². The van der Waals surface area contributed by atoms with Gasteiger partial charge >= 0.3 is 5.97 Å². The molecular weight excluding hydrogens is 752 g/mol. The van der Waals surface area contributed by atoms with Crippen molar-refractivity contribution >= 4 is 36.0 Å². The summed E-state index contributed by atoms with van der Waals surface area (Å²) in [6.07, 6.45) is -1.91. The second-order valence-electron chi connectivity index (χ2n) is 14.9. The number of ketones is 2. The van der Waals surface area contributed by atoms with Crippen molar-refractivity contribution < 1.29 is 69.1 Å². The Hall–Kier alpha value is -5.58. The smallest absolute Gasteiger partial charge is 0.308 e. The second-order valence-corrected chi connectivity index (χ2v) is 14.9. The summed E-state index contributed by atoms with van der Waals surface area (Å²) in [6, 6.07) is 16.1. The van der Waals surface area contributed by atoms with Gasteiger partial charge in [-0.1, -0.05) is 67.4 Å². The zero-order valence-corrected chi connectivity index (χ0v) is 31.5. The number of fused-ring (bicyclic) bond motifs is 2. The minimum Gasteiger partial charge on any atom is -0.507 e. The summed E-state index contributed by atoms with van der Waals surface area (Å²) in [5.74, 6) is -6.92. The van der Waals surface area contributed by atoms with Crippen LogP contribution in [-0.4, -0.2) is 90.0 Å². The molecule has 3 aliphatic rings. The van der Waals surface area contributed by atoms with Crippen LogP contribution in [0.5, 0.6) is 17.2 Å². The summed E-state index contributed by atoms with van der Waals surface area (Å²) in [7, 11) is 0. The Balaban J connectivity index is 1.44. The maximum Gasteiger partial charge on any atom is 0.308 e. The summed E-state index contributed by atoms with van der Waals surface area (Å²) in [5, 5.41) is 76.7. The van der Waals surface area contributed by atoms with E-state index in [9.17, 15) is 54.9 Å². The Morgan fingerprint density at radius 3 is 2.22 bits per heavy atom. The molecule has 0 spiro atoms. The third kappa shape index (κ3) is 7.02. The summed E-state index contributed by atoms with van der Waals surface area (Å²) >= 11 is 0. The lowest BCUT2D eigenvalue weighted by Crippen LogP contribution is -2.67. The van der Waals surface area contributed by atoms with Crippen molar-refractivity contribution in [2.24, 2.45) is 0 Å². The standard InChI is InChI=1S/C44H42O14/c1-22-40(51)44(54,55)41(52)42(56-22)58-33-19-29-36(37(48)28(33)17-25-11-8-12-31(30(25)21-46)43(53)15-6-7-16-43)39(50)34-26(20-45)18-32(57-23(2)47)27(35(34)38(29)49)14-13-24-9-4-3-5-10-24/h3-5,8-14,18-19,21-22,40-42,45,48,51-55H,6-7,15-17,20H2,1-2H3/b14-13+/t22-,40+,41-,42+/m0/s1. The topological polar surface area (TPSA) is 238 Å². The summed E-state index contributed by atoms with van der Waals surface area (Å²) in [6.45, 7) is 1.66. The Morgan fingerprint density at radius 1 is 0.862 bits per heavy atom. The predicted octanol–water partition coefficient (Wildman–Crippen LogP) is 3.45. The lowest BCUT2D eigenvalue weighted by atomic mass is 9.77. The van der Waals surface area contributed by atoms with Crippen molar-refractivity contribution in [1.29, 1.82) is 0 Å². The highest BCUT2D eigenvalue weighted by Gasteiger charge is 2.54. The highest BCUT2D eigenvalue weighted by Crippen LogP contribution is 2.47.